The highest BCUT2D eigenvalue weighted by Crippen LogP contribution is 2.23. The molecule has 1 fully saturated rings. The molecule has 0 unspecified atom stereocenters. The molecule has 0 bridgehead atoms. The Hall–Kier alpha value is -3.09. The van der Waals surface area contributed by atoms with E-state index in [1.54, 1.807) is 6.20 Å². The third-order valence-corrected chi connectivity index (χ3v) is 5.82. The molecule has 3 aromatic rings. The number of rotatable bonds is 6. The van der Waals surface area contributed by atoms with Crippen LogP contribution in [0.25, 0.3) is 11.0 Å². The zero-order valence-corrected chi connectivity index (χ0v) is 16.5. The van der Waals surface area contributed by atoms with Crippen molar-refractivity contribution in [3.05, 3.63) is 57.5 Å². The summed E-state index contributed by atoms with van der Waals surface area (Å²) in [5.74, 6) is 0.721. The van der Waals surface area contributed by atoms with Crippen molar-refractivity contribution >= 4 is 22.9 Å². The lowest BCUT2D eigenvalue weighted by molar-refractivity contribution is 0.0943. The number of aromatic amines is 2. The van der Waals surface area contributed by atoms with Crippen LogP contribution in [0.4, 0.5) is 5.95 Å². The second-order valence-corrected chi connectivity index (χ2v) is 7.90. The van der Waals surface area contributed by atoms with Gasteiger partial charge in [0, 0.05) is 18.3 Å². The minimum absolute atomic E-state index is 0.00560. The van der Waals surface area contributed by atoms with Crippen molar-refractivity contribution in [3.8, 4) is 0 Å². The number of hydrogen-bond donors (Lipinski definition) is 4. The molecule has 1 amide bonds. The normalized spacial score (nSPS) is 14.9. The fraction of sp³-hybridized carbons (Fsp3) is 0.409. The van der Waals surface area contributed by atoms with Crippen LogP contribution in [0.2, 0.25) is 0 Å². The highest BCUT2D eigenvalue weighted by Gasteiger charge is 2.15. The summed E-state index contributed by atoms with van der Waals surface area (Å²) in [5, 5.41) is 3.63. The summed E-state index contributed by atoms with van der Waals surface area (Å²) in [6, 6.07) is 7.70. The van der Waals surface area contributed by atoms with Crippen LogP contribution < -0.4 is 16.6 Å². The van der Waals surface area contributed by atoms with Gasteiger partial charge in [0.05, 0.1) is 5.39 Å². The number of anilines is 1. The first-order valence-electron chi connectivity index (χ1n) is 10.3. The molecule has 0 radical (unpaired) electrons. The molecule has 0 spiro atoms. The van der Waals surface area contributed by atoms with E-state index in [1.807, 2.05) is 24.3 Å². The zero-order chi connectivity index (χ0) is 20.2. The third kappa shape index (κ3) is 4.50. The average molecular weight is 393 g/mol. The monoisotopic (exact) mass is 393 g/mol. The summed E-state index contributed by atoms with van der Waals surface area (Å²) in [4.78, 5) is 34.2. The van der Waals surface area contributed by atoms with Gasteiger partial charge < -0.3 is 16.0 Å². The van der Waals surface area contributed by atoms with E-state index in [0.717, 1.165) is 24.1 Å². The Bertz CT molecular complexity index is 1050. The van der Waals surface area contributed by atoms with Gasteiger partial charge in [-0.3, -0.25) is 14.6 Å². The maximum Gasteiger partial charge on any atom is 0.262 e. The molecule has 7 nitrogen and oxygen atoms in total. The zero-order valence-electron chi connectivity index (χ0n) is 16.5. The van der Waals surface area contributed by atoms with Crippen LogP contribution in [0, 0.1) is 5.92 Å². The van der Waals surface area contributed by atoms with Crippen LogP contribution in [0.15, 0.2) is 35.3 Å². The minimum Gasteiger partial charge on any atom is -0.369 e. The molecule has 7 heteroatoms. The number of carbonyl (C=O) groups is 1. The van der Waals surface area contributed by atoms with Gasteiger partial charge in [-0.2, -0.15) is 4.98 Å². The number of hydrogen-bond acceptors (Lipinski definition) is 4. The summed E-state index contributed by atoms with van der Waals surface area (Å²) in [6.45, 7) is 0.772. The summed E-state index contributed by atoms with van der Waals surface area (Å²) < 4.78 is 0. The smallest absolute Gasteiger partial charge is 0.262 e. The van der Waals surface area contributed by atoms with Gasteiger partial charge in [0.15, 0.2) is 0 Å². The second kappa shape index (κ2) is 8.51. The van der Waals surface area contributed by atoms with Crippen LogP contribution in [-0.2, 0) is 12.8 Å². The van der Waals surface area contributed by atoms with E-state index < -0.39 is 0 Å². The van der Waals surface area contributed by atoms with Gasteiger partial charge in [-0.15, -0.1) is 0 Å². The second-order valence-electron chi connectivity index (χ2n) is 7.90. The predicted octanol–water partition coefficient (Wildman–Crippen LogP) is 2.93. The van der Waals surface area contributed by atoms with Gasteiger partial charge in [0.2, 0.25) is 5.95 Å². The number of nitrogens with two attached hydrogens (primary N) is 1. The molecule has 1 aromatic carbocycles. The van der Waals surface area contributed by atoms with Crippen LogP contribution in [0.3, 0.4) is 0 Å². The van der Waals surface area contributed by atoms with Crippen LogP contribution >= 0.6 is 0 Å². The Morgan fingerprint density at radius 1 is 1.14 bits per heavy atom. The number of H-pyrrole nitrogens is 2. The Morgan fingerprint density at radius 3 is 2.66 bits per heavy atom. The molecule has 29 heavy (non-hydrogen) atoms. The average Bonchev–Trinajstić information content (AvgIpc) is 3.14. The lowest BCUT2D eigenvalue weighted by Gasteiger charge is -2.21. The van der Waals surface area contributed by atoms with Gasteiger partial charge in [-0.25, -0.2) is 0 Å². The molecule has 2 heterocycles. The Balaban J connectivity index is 1.35. The molecule has 5 N–H and O–H groups in total. The quantitative estimate of drug-likeness (QED) is 0.515. The molecule has 1 aliphatic carbocycles. The van der Waals surface area contributed by atoms with Crippen LogP contribution in [0.1, 0.15) is 53.6 Å². The largest absolute Gasteiger partial charge is 0.369 e. The van der Waals surface area contributed by atoms with Crippen molar-refractivity contribution in [2.24, 2.45) is 5.92 Å². The maximum absolute atomic E-state index is 12.4. The molecule has 0 saturated heterocycles. The van der Waals surface area contributed by atoms with E-state index in [9.17, 15) is 9.59 Å². The molecule has 2 aromatic heterocycles. The van der Waals surface area contributed by atoms with Crippen LogP contribution in [-0.4, -0.2) is 27.4 Å². The lowest BCUT2D eigenvalue weighted by Crippen LogP contribution is -2.30. The first-order chi connectivity index (χ1) is 14.1. The number of carbonyl (C=O) groups excluding carboxylic acids is 1. The van der Waals surface area contributed by atoms with Crippen molar-refractivity contribution in [2.45, 2.75) is 44.9 Å². The molecule has 4 rings (SSSR count). The Kier molecular flexibility index (Phi) is 5.64. The molecular weight excluding hydrogens is 366 g/mol. The number of fused-ring (bicyclic) bond motifs is 1. The number of aryl methyl sites for hydroxylation is 2. The van der Waals surface area contributed by atoms with Gasteiger partial charge in [-0.1, -0.05) is 31.4 Å². The SMILES string of the molecule is Nc1nc2[nH]cc(CCc3ccc(C(=O)NCC4CCCCC4)cc3)c2c(=O)[nH]1. The molecule has 0 atom stereocenters. The van der Waals surface area contributed by atoms with E-state index in [2.05, 4.69) is 20.3 Å². The summed E-state index contributed by atoms with van der Waals surface area (Å²) in [6.07, 6.45) is 9.59. The number of nitrogens with one attached hydrogen (secondary N) is 3. The van der Waals surface area contributed by atoms with Gasteiger partial charge in [-0.05, 0) is 54.9 Å². The van der Waals surface area contributed by atoms with Crippen LogP contribution in [0.5, 0.6) is 0 Å². The first-order valence-corrected chi connectivity index (χ1v) is 10.3. The van der Waals surface area contributed by atoms with Crippen molar-refractivity contribution in [3.63, 3.8) is 0 Å². The van der Waals surface area contributed by atoms with Gasteiger partial charge in [0.25, 0.3) is 11.5 Å². The van der Waals surface area contributed by atoms with Crippen molar-refractivity contribution in [1.82, 2.24) is 20.3 Å². The maximum atomic E-state index is 12.4. The number of nitrogens with zero attached hydrogens (tertiary/aromatic N) is 1. The lowest BCUT2D eigenvalue weighted by atomic mass is 9.89. The highest BCUT2D eigenvalue weighted by molar-refractivity contribution is 5.94. The molecule has 1 aliphatic rings. The summed E-state index contributed by atoms with van der Waals surface area (Å²) >= 11 is 0. The molecular formula is C22H27N5O2. The Labute approximate surface area is 169 Å². The fourth-order valence-corrected chi connectivity index (χ4v) is 4.15. The van der Waals surface area contributed by atoms with Crippen molar-refractivity contribution in [2.75, 3.05) is 12.3 Å². The summed E-state index contributed by atoms with van der Waals surface area (Å²) in [7, 11) is 0. The van der Waals surface area contributed by atoms with E-state index in [1.165, 1.54) is 32.1 Å². The van der Waals surface area contributed by atoms with E-state index in [-0.39, 0.29) is 17.4 Å². The topological polar surface area (TPSA) is 117 Å². The number of amides is 1. The van der Waals surface area contributed by atoms with Crippen molar-refractivity contribution in [1.29, 1.82) is 0 Å². The molecule has 1 saturated carbocycles. The van der Waals surface area contributed by atoms with E-state index in [0.29, 0.717) is 28.9 Å². The Morgan fingerprint density at radius 2 is 1.90 bits per heavy atom. The van der Waals surface area contributed by atoms with E-state index >= 15 is 0 Å². The fourth-order valence-electron chi connectivity index (χ4n) is 4.15. The number of aromatic nitrogens is 3. The number of benzene rings is 1. The third-order valence-electron chi connectivity index (χ3n) is 5.82. The van der Waals surface area contributed by atoms with E-state index in [4.69, 9.17) is 5.73 Å². The minimum atomic E-state index is -0.228. The van der Waals surface area contributed by atoms with Crippen molar-refractivity contribution < 1.29 is 4.79 Å². The standard InChI is InChI=1S/C22H27N5O2/c23-22-26-19-18(21(29)27-22)17(13-24-19)11-8-14-6-9-16(10-7-14)20(28)25-12-15-4-2-1-3-5-15/h6-7,9-10,13,15H,1-5,8,11-12H2,(H,25,28)(H4,23,24,26,27,29). The first kappa shape index (κ1) is 19.2. The van der Waals surface area contributed by atoms with Gasteiger partial charge in [0.1, 0.15) is 5.65 Å². The highest BCUT2D eigenvalue weighted by atomic mass is 16.1. The predicted molar refractivity (Wildman–Crippen MR) is 114 cm³/mol. The molecule has 0 aliphatic heterocycles. The van der Waals surface area contributed by atoms with Gasteiger partial charge >= 0.3 is 0 Å². The number of nitrogen functional groups attached to an aromatic ring is 1. The summed E-state index contributed by atoms with van der Waals surface area (Å²) in [5.41, 5.74) is 8.57. The molecule has 152 valence electrons.